The Morgan fingerprint density at radius 3 is 2.23 bits per heavy atom. The minimum absolute atomic E-state index is 0.130. The molecule has 0 unspecified atom stereocenters. The summed E-state index contributed by atoms with van der Waals surface area (Å²) < 4.78 is 0. The maximum absolute atomic E-state index is 12.2. The Morgan fingerprint density at radius 2 is 1.59 bits per heavy atom. The van der Waals surface area contributed by atoms with Gasteiger partial charge in [-0.05, 0) is 42.5 Å². The number of amides is 1. The first-order chi connectivity index (χ1) is 10.7. The fourth-order valence-electron chi connectivity index (χ4n) is 2.42. The van der Waals surface area contributed by atoms with Crippen LogP contribution < -0.4 is 4.90 Å². The van der Waals surface area contributed by atoms with Gasteiger partial charge in [-0.2, -0.15) is 0 Å². The van der Waals surface area contributed by atoms with E-state index in [0.717, 1.165) is 24.1 Å². The van der Waals surface area contributed by atoms with Crippen LogP contribution in [0.25, 0.3) is 0 Å². The number of aliphatic hydroxyl groups excluding tert-OH is 1. The molecule has 0 saturated heterocycles. The van der Waals surface area contributed by atoms with Crippen LogP contribution in [0.4, 0.5) is 5.69 Å². The van der Waals surface area contributed by atoms with Gasteiger partial charge in [0.05, 0.1) is 0 Å². The van der Waals surface area contributed by atoms with Gasteiger partial charge in [-0.15, -0.1) is 0 Å². The first-order valence-electron chi connectivity index (χ1n) is 7.71. The largest absolute Gasteiger partial charge is 0.396 e. The van der Waals surface area contributed by atoms with Gasteiger partial charge in [-0.1, -0.05) is 42.5 Å². The fourth-order valence-corrected chi connectivity index (χ4v) is 2.42. The monoisotopic (exact) mass is 297 g/mol. The highest BCUT2D eigenvalue weighted by molar-refractivity contribution is 5.92. The molecule has 0 bridgehead atoms. The van der Waals surface area contributed by atoms with E-state index in [-0.39, 0.29) is 12.5 Å². The smallest absolute Gasteiger partial charge is 0.226 e. The number of hydrogen-bond donors (Lipinski definition) is 1. The van der Waals surface area contributed by atoms with E-state index in [0.29, 0.717) is 12.8 Å². The molecule has 0 aromatic heterocycles. The predicted molar refractivity (Wildman–Crippen MR) is 90.0 cm³/mol. The van der Waals surface area contributed by atoms with E-state index in [1.54, 1.807) is 4.90 Å². The quantitative estimate of drug-likeness (QED) is 0.852. The highest BCUT2D eigenvalue weighted by Gasteiger charge is 2.10. The molecule has 0 heterocycles. The third-order valence-electron chi connectivity index (χ3n) is 3.80. The first-order valence-corrected chi connectivity index (χ1v) is 7.71. The van der Waals surface area contributed by atoms with Crippen molar-refractivity contribution < 1.29 is 9.90 Å². The van der Waals surface area contributed by atoms with Gasteiger partial charge < -0.3 is 10.0 Å². The maximum atomic E-state index is 12.2. The van der Waals surface area contributed by atoms with Gasteiger partial charge in [-0.25, -0.2) is 0 Å². The molecule has 3 heteroatoms. The van der Waals surface area contributed by atoms with Crippen molar-refractivity contribution in [2.24, 2.45) is 0 Å². The van der Waals surface area contributed by atoms with Crippen molar-refractivity contribution in [3.05, 3.63) is 65.7 Å². The number of nitrogens with zero attached hydrogens (tertiary/aromatic N) is 1. The number of rotatable bonds is 7. The van der Waals surface area contributed by atoms with Crippen LogP contribution in [0.5, 0.6) is 0 Å². The summed E-state index contributed by atoms with van der Waals surface area (Å²) in [6.07, 6.45) is 2.98. The zero-order chi connectivity index (χ0) is 15.8. The molecule has 0 fully saturated rings. The maximum Gasteiger partial charge on any atom is 0.226 e. The summed E-state index contributed by atoms with van der Waals surface area (Å²) in [5.41, 5.74) is 3.24. The van der Waals surface area contributed by atoms with Crippen molar-refractivity contribution in [1.29, 1.82) is 0 Å². The summed E-state index contributed by atoms with van der Waals surface area (Å²) in [7, 11) is 1.81. The summed E-state index contributed by atoms with van der Waals surface area (Å²) in [5.74, 6) is 0.130. The minimum atomic E-state index is 0.130. The summed E-state index contributed by atoms with van der Waals surface area (Å²) in [6.45, 7) is 0.146. The molecule has 2 rings (SSSR count). The summed E-state index contributed by atoms with van der Waals surface area (Å²) in [6, 6.07) is 18.0. The Hall–Kier alpha value is -2.13. The molecule has 0 aliphatic heterocycles. The lowest BCUT2D eigenvalue weighted by Gasteiger charge is -2.17. The Morgan fingerprint density at radius 1 is 0.955 bits per heavy atom. The van der Waals surface area contributed by atoms with Crippen molar-refractivity contribution in [3.8, 4) is 0 Å². The molecule has 0 spiro atoms. The second kappa shape index (κ2) is 8.35. The molecule has 3 nitrogen and oxygen atoms in total. The molecular formula is C19H23NO2. The van der Waals surface area contributed by atoms with Gasteiger partial charge >= 0.3 is 0 Å². The predicted octanol–water partition coefficient (Wildman–Crippen LogP) is 3.21. The molecule has 0 radical (unpaired) electrons. The van der Waals surface area contributed by atoms with Crippen molar-refractivity contribution in [2.45, 2.75) is 25.7 Å². The molecule has 1 N–H and O–H groups in total. The van der Waals surface area contributed by atoms with E-state index < -0.39 is 0 Å². The third-order valence-corrected chi connectivity index (χ3v) is 3.80. The molecule has 0 aliphatic carbocycles. The van der Waals surface area contributed by atoms with Crippen molar-refractivity contribution in [3.63, 3.8) is 0 Å². The number of aliphatic hydroxyl groups is 1. The first kappa shape index (κ1) is 16.2. The van der Waals surface area contributed by atoms with Gasteiger partial charge in [0.1, 0.15) is 0 Å². The van der Waals surface area contributed by atoms with Crippen LogP contribution in [0.2, 0.25) is 0 Å². The minimum Gasteiger partial charge on any atom is -0.396 e. The zero-order valence-electron chi connectivity index (χ0n) is 13.0. The molecular weight excluding hydrogens is 274 g/mol. The molecule has 1 amide bonds. The van der Waals surface area contributed by atoms with Crippen LogP contribution >= 0.6 is 0 Å². The Kier molecular flexibility index (Phi) is 6.16. The van der Waals surface area contributed by atoms with Crippen LogP contribution in [0.3, 0.4) is 0 Å². The normalized spacial score (nSPS) is 10.5. The lowest BCUT2D eigenvalue weighted by Crippen LogP contribution is -2.25. The Balaban J connectivity index is 1.83. The van der Waals surface area contributed by atoms with E-state index in [1.165, 1.54) is 5.56 Å². The molecule has 0 saturated carbocycles. The second-order valence-corrected chi connectivity index (χ2v) is 5.43. The molecule has 0 atom stereocenters. The molecule has 116 valence electrons. The highest BCUT2D eigenvalue weighted by atomic mass is 16.2. The van der Waals surface area contributed by atoms with Crippen LogP contribution in [0.1, 0.15) is 24.0 Å². The lowest BCUT2D eigenvalue weighted by molar-refractivity contribution is -0.118. The molecule has 2 aromatic rings. The Bertz CT molecular complexity index is 578. The zero-order valence-corrected chi connectivity index (χ0v) is 13.0. The summed E-state index contributed by atoms with van der Waals surface area (Å²) in [4.78, 5) is 13.9. The van der Waals surface area contributed by atoms with E-state index in [4.69, 9.17) is 5.11 Å². The van der Waals surface area contributed by atoms with Gasteiger partial charge in [-0.3, -0.25) is 4.79 Å². The average molecular weight is 297 g/mol. The fraction of sp³-hybridized carbons (Fsp3) is 0.316. The topological polar surface area (TPSA) is 40.5 Å². The van der Waals surface area contributed by atoms with Gasteiger partial charge in [0.25, 0.3) is 0 Å². The van der Waals surface area contributed by atoms with Crippen LogP contribution in [-0.4, -0.2) is 24.7 Å². The van der Waals surface area contributed by atoms with E-state index in [1.807, 2.05) is 49.5 Å². The van der Waals surface area contributed by atoms with Crippen LogP contribution in [-0.2, 0) is 17.6 Å². The molecule has 22 heavy (non-hydrogen) atoms. The van der Waals surface area contributed by atoms with Crippen molar-refractivity contribution >= 4 is 11.6 Å². The van der Waals surface area contributed by atoms with Gasteiger partial charge in [0, 0.05) is 25.8 Å². The third kappa shape index (κ3) is 4.71. The number of aryl methyl sites for hydroxylation is 1. The van der Waals surface area contributed by atoms with E-state index in [9.17, 15) is 4.79 Å². The van der Waals surface area contributed by atoms with Gasteiger partial charge in [0.2, 0.25) is 5.91 Å². The van der Waals surface area contributed by atoms with E-state index >= 15 is 0 Å². The highest BCUT2D eigenvalue weighted by Crippen LogP contribution is 2.16. The average Bonchev–Trinajstić information content (AvgIpc) is 2.56. The summed E-state index contributed by atoms with van der Waals surface area (Å²) in [5, 5.41) is 8.91. The standard InChI is InChI=1S/C19H23NO2/c1-20(18-12-10-17(11-13-18)14-15-21)19(22)9-5-8-16-6-3-2-4-7-16/h2-4,6-7,10-13,21H,5,8-9,14-15H2,1H3. The van der Waals surface area contributed by atoms with Crippen LogP contribution in [0.15, 0.2) is 54.6 Å². The van der Waals surface area contributed by atoms with Gasteiger partial charge in [0.15, 0.2) is 0 Å². The van der Waals surface area contributed by atoms with Crippen molar-refractivity contribution in [1.82, 2.24) is 0 Å². The number of carbonyl (C=O) groups excluding carboxylic acids is 1. The summed E-state index contributed by atoms with van der Waals surface area (Å²) >= 11 is 0. The molecule has 0 aliphatic rings. The van der Waals surface area contributed by atoms with Crippen molar-refractivity contribution in [2.75, 3.05) is 18.6 Å². The number of carbonyl (C=O) groups is 1. The lowest BCUT2D eigenvalue weighted by atomic mass is 10.1. The van der Waals surface area contributed by atoms with E-state index in [2.05, 4.69) is 12.1 Å². The van der Waals surface area contributed by atoms with Crippen LogP contribution in [0, 0.1) is 0 Å². The number of hydrogen-bond acceptors (Lipinski definition) is 2. The SMILES string of the molecule is CN(C(=O)CCCc1ccccc1)c1ccc(CCO)cc1. The number of benzene rings is 2. The number of anilines is 1. The second-order valence-electron chi connectivity index (χ2n) is 5.43. The molecule has 2 aromatic carbocycles. The Labute approximate surface area is 132 Å².